The molecule has 0 aromatic heterocycles. The van der Waals surface area contributed by atoms with Crippen molar-refractivity contribution in [2.45, 2.75) is 31.3 Å². The Bertz CT molecular complexity index is 658. The Morgan fingerprint density at radius 1 is 1.48 bits per heavy atom. The predicted octanol–water partition coefficient (Wildman–Crippen LogP) is 1.02. The fraction of sp³-hybridized carbons (Fsp3) is 0.500. The molecule has 1 aromatic rings. The molecule has 1 heterocycles. The van der Waals surface area contributed by atoms with Gasteiger partial charge in [-0.25, -0.2) is 8.42 Å². The summed E-state index contributed by atoms with van der Waals surface area (Å²) < 4.78 is 26.6. The van der Waals surface area contributed by atoms with Crippen LogP contribution in [-0.2, 0) is 10.0 Å². The first-order chi connectivity index (χ1) is 9.73. The van der Waals surface area contributed by atoms with Crippen LogP contribution in [0.15, 0.2) is 23.1 Å². The first kappa shape index (κ1) is 16.4. The van der Waals surface area contributed by atoms with Crippen LogP contribution in [-0.4, -0.2) is 42.0 Å². The fourth-order valence-electron chi connectivity index (χ4n) is 2.46. The van der Waals surface area contributed by atoms with E-state index in [0.29, 0.717) is 18.5 Å². The summed E-state index contributed by atoms with van der Waals surface area (Å²) >= 11 is 4.92. The van der Waals surface area contributed by atoms with E-state index in [1.54, 1.807) is 19.1 Å². The maximum absolute atomic E-state index is 12.6. The molecular formula is C14H20N2O3S2. The Morgan fingerprint density at radius 3 is 2.67 bits per heavy atom. The summed E-state index contributed by atoms with van der Waals surface area (Å²) in [5.41, 5.74) is 7.00. The summed E-state index contributed by atoms with van der Waals surface area (Å²) in [5, 5.41) is 9.89. The average Bonchev–Trinajstić information content (AvgIpc) is 2.41. The van der Waals surface area contributed by atoms with Crippen molar-refractivity contribution in [1.82, 2.24) is 4.31 Å². The lowest BCUT2D eigenvalue weighted by Gasteiger charge is -2.33. The van der Waals surface area contributed by atoms with Crippen LogP contribution in [0.1, 0.15) is 24.5 Å². The van der Waals surface area contributed by atoms with E-state index in [9.17, 15) is 13.5 Å². The third kappa shape index (κ3) is 3.26. The second-order valence-corrected chi connectivity index (χ2v) is 7.92. The van der Waals surface area contributed by atoms with Gasteiger partial charge >= 0.3 is 0 Å². The largest absolute Gasteiger partial charge is 0.391 e. The van der Waals surface area contributed by atoms with E-state index < -0.39 is 16.1 Å². The van der Waals surface area contributed by atoms with Crippen LogP contribution in [0.4, 0.5) is 0 Å². The minimum atomic E-state index is -3.59. The molecule has 0 spiro atoms. The van der Waals surface area contributed by atoms with Crippen molar-refractivity contribution in [3.05, 3.63) is 29.3 Å². The van der Waals surface area contributed by atoms with Gasteiger partial charge in [-0.1, -0.05) is 25.2 Å². The number of benzene rings is 1. The summed E-state index contributed by atoms with van der Waals surface area (Å²) in [7, 11) is -3.59. The Hall–Kier alpha value is -1.02. The van der Waals surface area contributed by atoms with Gasteiger partial charge < -0.3 is 10.8 Å². The fourth-order valence-corrected chi connectivity index (χ4v) is 4.25. The predicted molar refractivity (Wildman–Crippen MR) is 85.6 cm³/mol. The molecule has 0 bridgehead atoms. The van der Waals surface area contributed by atoms with Gasteiger partial charge in [-0.05, 0) is 37.0 Å². The number of aryl methyl sites for hydroxylation is 1. The van der Waals surface area contributed by atoms with Crippen LogP contribution < -0.4 is 5.73 Å². The molecule has 0 amide bonds. The lowest BCUT2D eigenvalue weighted by atomic mass is 9.98. The molecule has 3 N–H and O–H groups in total. The number of nitrogens with zero attached hydrogens (tertiary/aromatic N) is 1. The molecule has 2 unspecified atom stereocenters. The SMILES string of the molecule is Cc1cc(S(=O)(=O)N2CCC(C)C(O)C2)ccc1C(N)=S. The Kier molecular flexibility index (Phi) is 4.67. The minimum absolute atomic E-state index is 0.121. The normalized spacial score (nSPS) is 24.0. The molecule has 7 heteroatoms. The van der Waals surface area contributed by atoms with Gasteiger partial charge in [0, 0.05) is 18.7 Å². The number of β-amino-alcohol motifs (C(OH)–C–C–N with tert-alkyl or cyclic N) is 1. The maximum Gasteiger partial charge on any atom is 0.243 e. The zero-order chi connectivity index (χ0) is 15.8. The molecule has 21 heavy (non-hydrogen) atoms. The number of hydrogen-bond acceptors (Lipinski definition) is 4. The molecule has 1 aliphatic heterocycles. The number of thiocarbonyl (C=S) groups is 1. The smallest absolute Gasteiger partial charge is 0.243 e. The van der Waals surface area contributed by atoms with Crippen LogP contribution in [0, 0.1) is 12.8 Å². The zero-order valence-corrected chi connectivity index (χ0v) is 13.7. The van der Waals surface area contributed by atoms with Crippen molar-refractivity contribution >= 4 is 27.2 Å². The van der Waals surface area contributed by atoms with Crippen LogP contribution >= 0.6 is 12.2 Å². The van der Waals surface area contributed by atoms with Gasteiger partial charge in [-0.15, -0.1) is 0 Å². The molecule has 2 rings (SSSR count). The van der Waals surface area contributed by atoms with E-state index in [4.69, 9.17) is 18.0 Å². The van der Waals surface area contributed by atoms with Crippen molar-refractivity contribution < 1.29 is 13.5 Å². The number of hydrogen-bond donors (Lipinski definition) is 2. The summed E-state index contributed by atoms with van der Waals surface area (Å²) in [6, 6.07) is 4.73. The minimum Gasteiger partial charge on any atom is -0.391 e. The number of nitrogens with two attached hydrogens (primary N) is 1. The first-order valence-electron chi connectivity index (χ1n) is 6.82. The molecule has 1 aromatic carbocycles. The zero-order valence-electron chi connectivity index (χ0n) is 12.1. The molecule has 1 aliphatic rings. The molecule has 1 saturated heterocycles. The van der Waals surface area contributed by atoms with Crippen LogP contribution in [0.3, 0.4) is 0 Å². The topological polar surface area (TPSA) is 83.6 Å². The standard InChI is InChI=1S/C14H20N2O3S2/c1-9-5-6-16(8-13(9)17)21(18,19)11-3-4-12(14(15)20)10(2)7-11/h3-4,7,9,13,17H,5-6,8H2,1-2H3,(H2,15,20). The van der Waals surface area contributed by atoms with Gasteiger partial charge in [-0.3, -0.25) is 0 Å². The lowest BCUT2D eigenvalue weighted by Crippen LogP contribution is -2.45. The highest BCUT2D eigenvalue weighted by Crippen LogP contribution is 2.25. The quantitative estimate of drug-likeness (QED) is 0.810. The molecule has 0 saturated carbocycles. The number of piperidine rings is 1. The Balaban J connectivity index is 2.32. The lowest BCUT2D eigenvalue weighted by molar-refractivity contribution is 0.0605. The molecule has 0 aliphatic carbocycles. The van der Waals surface area contributed by atoms with Gasteiger partial charge in [0.05, 0.1) is 11.0 Å². The van der Waals surface area contributed by atoms with Crippen molar-refractivity contribution in [3.63, 3.8) is 0 Å². The Morgan fingerprint density at radius 2 is 2.14 bits per heavy atom. The summed E-state index contributed by atoms with van der Waals surface area (Å²) in [4.78, 5) is 0.459. The molecular weight excluding hydrogens is 308 g/mol. The van der Waals surface area contributed by atoms with Crippen molar-refractivity contribution in [3.8, 4) is 0 Å². The second kappa shape index (κ2) is 6.00. The Labute approximate surface area is 130 Å². The van der Waals surface area contributed by atoms with Crippen molar-refractivity contribution in [1.29, 1.82) is 0 Å². The molecule has 2 atom stereocenters. The van der Waals surface area contributed by atoms with Crippen molar-refractivity contribution in [2.75, 3.05) is 13.1 Å². The van der Waals surface area contributed by atoms with Gasteiger partial charge in [0.2, 0.25) is 10.0 Å². The number of sulfonamides is 1. The van der Waals surface area contributed by atoms with Gasteiger partial charge in [0.25, 0.3) is 0 Å². The third-order valence-corrected chi connectivity index (χ3v) is 6.06. The van der Waals surface area contributed by atoms with Gasteiger partial charge in [0.15, 0.2) is 0 Å². The van der Waals surface area contributed by atoms with E-state index in [1.807, 2.05) is 6.92 Å². The second-order valence-electron chi connectivity index (χ2n) is 5.54. The third-order valence-electron chi connectivity index (χ3n) is 3.98. The summed E-state index contributed by atoms with van der Waals surface area (Å²) in [6.45, 7) is 4.27. The highest BCUT2D eigenvalue weighted by molar-refractivity contribution is 7.89. The molecule has 116 valence electrons. The van der Waals surface area contributed by atoms with Crippen LogP contribution in [0.5, 0.6) is 0 Å². The number of rotatable bonds is 3. The highest BCUT2D eigenvalue weighted by atomic mass is 32.2. The van der Waals surface area contributed by atoms with Gasteiger partial charge in [-0.2, -0.15) is 4.31 Å². The van der Waals surface area contributed by atoms with E-state index in [1.165, 1.54) is 10.4 Å². The van der Waals surface area contributed by atoms with E-state index in [-0.39, 0.29) is 22.3 Å². The number of aliphatic hydroxyl groups is 1. The highest BCUT2D eigenvalue weighted by Gasteiger charge is 2.32. The van der Waals surface area contributed by atoms with E-state index in [2.05, 4.69) is 0 Å². The summed E-state index contributed by atoms with van der Waals surface area (Å²) in [6.07, 6.45) is 0.0372. The molecule has 1 fully saturated rings. The first-order valence-corrected chi connectivity index (χ1v) is 8.67. The molecule has 5 nitrogen and oxygen atoms in total. The maximum atomic E-state index is 12.6. The monoisotopic (exact) mass is 328 g/mol. The van der Waals surface area contributed by atoms with Crippen molar-refractivity contribution in [2.24, 2.45) is 11.7 Å². The van der Waals surface area contributed by atoms with Gasteiger partial charge in [0.1, 0.15) is 4.99 Å². The van der Waals surface area contributed by atoms with Crippen LogP contribution in [0.2, 0.25) is 0 Å². The molecule has 0 radical (unpaired) electrons. The van der Waals surface area contributed by atoms with E-state index >= 15 is 0 Å². The van der Waals surface area contributed by atoms with Crippen LogP contribution in [0.25, 0.3) is 0 Å². The van der Waals surface area contributed by atoms with E-state index in [0.717, 1.165) is 5.56 Å². The average molecular weight is 328 g/mol. The summed E-state index contributed by atoms with van der Waals surface area (Å²) in [5.74, 6) is 0.121. The number of aliphatic hydroxyl groups excluding tert-OH is 1.